The monoisotopic (exact) mass is 404 g/mol. The minimum Gasteiger partial charge on any atom is -0.366 e. The van der Waals surface area contributed by atoms with Crippen molar-refractivity contribution in [2.24, 2.45) is 0 Å². The Morgan fingerprint density at radius 1 is 1.12 bits per heavy atom. The Morgan fingerprint density at radius 3 is 2.42 bits per heavy atom. The third-order valence-electron chi connectivity index (χ3n) is 4.31. The van der Waals surface area contributed by atoms with Gasteiger partial charge in [-0.1, -0.05) is 18.2 Å². The van der Waals surface area contributed by atoms with Crippen molar-refractivity contribution in [1.82, 2.24) is 15.1 Å². The van der Waals surface area contributed by atoms with Crippen LogP contribution in [0.5, 0.6) is 0 Å². The van der Waals surface area contributed by atoms with Crippen molar-refractivity contribution in [2.45, 2.75) is 6.10 Å². The zero-order chi connectivity index (χ0) is 16.8. The number of carbonyl (C=O) groups excluding carboxylic acids is 2. The number of amides is 2. The van der Waals surface area contributed by atoms with Crippen LogP contribution in [0.2, 0.25) is 0 Å². The molecule has 2 fully saturated rings. The molecule has 0 saturated carbocycles. The first-order valence-electron chi connectivity index (χ1n) is 8.41. The summed E-state index contributed by atoms with van der Waals surface area (Å²) in [6.07, 6.45) is -0.369. The second kappa shape index (κ2) is 11.4. The Bertz CT molecular complexity index is 562. The lowest BCUT2D eigenvalue weighted by atomic mass is 10.2. The minimum atomic E-state index is -0.369. The van der Waals surface area contributed by atoms with E-state index in [1.165, 1.54) is 0 Å². The van der Waals surface area contributed by atoms with Crippen LogP contribution in [0.4, 0.5) is 5.69 Å². The third-order valence-corrected chi connectivity index (χ3v) is 4.31. The van der Waals surface area contributed by atoms with E-state index < -0.39 is 0 Å². The molecule has 0 bridgehead atoms. The second-order valence-electron chi connectivity index (χ2n) is 6.08. The van der Waals surface area contributed by atoms with Gasteiger partial charge in [-0.25, -0.2) is 0 Å². The number of piperazine rings is 1. The Labute approximate surface area is 166 Å². The average Bonchev–Trinajstić information content (AvgIpc) is 2.63. The number of ether oxygens (including phenoxy) is 1. The molecule has 0 aromatic heterocycles. The van der Waals surface area contributed by atoms with Gasteiger partial charge in [-0.15, -0.1) is 24.8 Å². The number of hydrogen-bond acceptors (Lipinski definition) is 5. The summed E-state index contributed by atoms with van der Waals surface area (Å²) in [5.41, 5.74) is 0.804. The van der Waals surface area contributed by atoms with Gasteiger partial charge in [0, 0.05) is 45.0 Å². The van der Waals surface area contributed by atoms with Crippen molar-refractivity contribution in [3.63, 3.8) is 0 Å². The van der Waals surface area contributed by atoms with E-state index in [1.54, 1.807) is 0 Å². The maximum atomic E-state index is 12.4. The summed E-state index contributed by atoms with van der Waals surface area (Å²) >= 11 is 0. The van der Waals surface area contributed by atoms with Crippen LogP contribution >= 0.6 is 24.8 Å². The largest absolute Gasteiger partial charge is 0.366 e. The molecule has 2 heterocycles. The molecule has 2 aliphatic rings. The zero-order valence-corrected chi connectivity index (χ0v) is 16.2. The normalized spacial score (nSPS) is 20.5. The highest BCUT2D eigenvalue weighted by atomic mass is 35.5. The molecule has 0 aliphatic carbocycles. The quantitative estimate of drug-likeness (QED) is 0.768. The average molecular weight is 405 g/mol. The fourth-order valence-corrected chi connectivity index (χ4v) is 2.98. The molecule has 3 rings (SSSR count). The first kappa shape index (κ1) is 22.7. The van der Waals surface area contributed by atoms with Crippen LogP contribution in [0.25, 0.3) is 0 Å². The molecular formula is C17H26Cl2N4O3. The maximum Gasteiger partial charge on any atom is 0.253 e. The van der Waals surface area contributed by atoms with Crippen molar-refractivity contribution in [3.8, 4) is 0 Å². The predicted octanol–water partition coefficient (Wildman–Crippen LogP) is 0.601. The zero-order valence-electron chi connectivity index (χ0n) is 14.6. The van der Waals surface area contributed by atoms with Crippen molar-refractivity contribution in [2.75, 3.05) is 57.7 Å². The van der Waals surface area contributed by atoms with E-state index in [0.717, 1.165) is 12.2 Å². The maximum absolute atomic E-state index is 12.4. The third kappa shape index (κ3) is 6.41. The Morgan fingerprint density at radius 2 is 1.81 bits per heavy atom. The number of morpholine rings is 1. The lowest BCUT2D eigenvalue weighted by Crippen LogP contribution is -2.55. The SMILES string of the molecule is Cl.Cl.O=C(CN1CCN(C(=O)C2CNCCO2)CC1)Nc1ccccc1. The van der Waals surface area contributed by atoms with Crippen LogP contribution < -0.4 is 10.6 Å². The number of rotatable bonds is 4. The summed E-state index contributed by atoms with van der Waals surface area (Å²) < 4.78 is 5.52. The van der Waals surface area contributed by atoms with Crippen LogP contribution in [-0.2, 0) is 14.3 Å². The van der Waals surface area contributed by atoms with Gasteiger partial charge in [0.2, 0.25) is 5.91 Å². The molecule has 9 heteroatoms. The summed E-state index contributed by atoms with van der Waals surface area (Å²) in [7, 11) is 0. The number of anilines is 1. The van der Waals surface area contributed by atoms with Crippen LogP contribution in [0.15, 0.2) is 30.3 Å². The molecule has 2 saturated heterocycles. The summed E-state index contributed by atoms with van der Waals surface area (Å²) in [6.45, 7) is 4.98. The van der Waals surface area contributed by atoms with Crippen molar-refractivity contribution in [1.29, 1.82) is 0 Å². The lowest BCUT2D eigenvalue weighted by molar-refractivity contribution is -0.147. The molecule has 1 atom stereocenters. The summed E-state index contributed by atoms with van der Waals surface area (Å²) in [6, 6.07) is 9.43. The lowest BCUT2D eigenvalue weighted by Gasteiger charge is -2.36. The van der Waals surface area contributed by atoms with Crippen LogP contribution in [0.3, 0.4) is 0 Å². The number of nitrogens with one attached hydrogen (secondary N) is 2. The molecule has 2 N–H and O–H groups in total. The van der Waals surface area contributed by atoms with Gasteiger partial charge in [-0.2, -0.15) is 0 Å². The summed E-state index contributed by atoms with van der Waals surface area (Å²) in [4.78, 5) is 28.4. The fourth-order valence-electron chi connectivity index (χ4n) is 2.98. The molecule has 26 heavy (non-hydrogen) atoms. The topological polar surface area (TPSA) is 73.9 Å². The highest BCUT2D eigenvalue weighted by Crippen LogP contribution is 2.09. The minimum absolute atomic E-state index is 0. The standard InChI is InChI=1S/C17H24N4O3.2ClH/c22-16(19-14-4-2-1-3-5-14)13-20-7-9-21(10-8-20)17(23)15-12-18-6-11-24-15;;/h1-5,15,18H,6-13H2,(H,19,22);2*1H. The highest BCUT2D eigenvalue weighted by Gasteiger charge is 2.29. The molecule has 7 nitrogen and oxygen atoms in total. The molecule has 2 amide bonds. The van der Waals surface area contributed by atoms with E-state index in [0.29, 0.717) is 45.9 Å². The molecule has 146 valence electrons. The number of hydrogen-bond donors (Lipinski definition) is 2. The van der Waals surface area contributed by atoms with Crippen molar-refractivity contribution >= 4 is 42.3 Å². The van der Waals surface area contributed by atoms with Gasteiger partial charge < -0.3 is 20.3 Å². The van der Waals surface area contributed by atoms with E-state index >= 15 is 0 Å². The highest BCUT2D eigenvalue weighted by molar-refractivity contribution is 5.92. The number of carbonyl (C=O) groups is 2. The van der Waals surface area contributed by atoms with Gasteiger partial charge in [0.15, 0.2) is 0 Å². The molecule has 0 spiro atoms. The summed E-state index contributed by atoms with van der Waals surface area (Å²) in [5, 5.41) is 6.06. The predicted molar refractivity (Wildman–Crippen MR) is 105 cm³/mol. The number of para-hydroxylation sites is 1. The number of nitrogens with zero attached hydrogens (tertiary/aromatic N) is 2. The molecule has 1 aromatic carbocycles. The van der Waals surface area contributed by atoms with E-state index in [2.05, 4.69) is 15.5 Å². The first-order valence-corrected chi connectivity index (χ1v) is 8.41. The summed E-state index contributed by atoms with van der Waals surface area (Å²) in [5.74, 6) is 0.0244. The first-order chi connectivity index (χ1) is 11.7. The van der Waals surface area contributed by atoms with Crippen LogP contribution in [0.1, 0.15) is 0 Å². The van der Waals surface area contributed by atoms with Crippen LogP contribution in [-0.4, -0.2) is 80.1 Å². The molecule has 1 unspecified atom stereocenters. The molecule has 0 radical (unpaired) electrons. The van der Waals surface area contributed by atoms with Gasteiger partial charge in [0.25, 0.3) is 5.91 Å². The van der Waals surface area contributed by atoms with Crippen LogP contribution in [0, 0.1) is 0 Å². The molecule has 2 aliphatic heterocycles. The Hall–Kier alpha value is -1.38. The van der Waals surface area contributed by atoms with Gasteiger partial charge in [-0.05, 0) is 12.1 Å². The van der Waals surface area contributed by atoms with E-state index in [4.69, 9.17) is 4.74 Å². The van der Waals surface area contributed by atoms with E-state index in [1.807, 2.05) is 35.2 Å². The smallest absolute Gasteiger partial charge is 0.253 e. The van der Waals surface area contributed by atoms with Crippen molar-refractivity contribution < 1.29 is 14.3 Å². The van der Waals surface area contributed by atoms with E-state index in [-0.39, 0.29) is 42.7 Å². The number of benzene rings is 1. The second-order valence-corrected chi connectivity index (χ2v) is 6.08. The van der Waals surface area contributed by atoms with Gasteiger partial charge in [-0.3, -0.25) is 14.5 Å². The van der Waals surface area contributed by atoms with Gasteiger partial charge >= 0.3 is 0 Å². The fraction of sp³-hybridized carbons (Fsp3) is 0.529. The van der Waals surface area contributed by atoms with E-state index in [9.17, 15) is 9.59 Å². The van der Waals surface area contributed by atoms with Gasteiger partial charge in [0.1, 0.15) is 6.10 Å². The molecule has 1 aromatic rings. The van der Waals surface area contributed by atoms with Crippen molar-refractivity contribution in [3.05, 3.63) is 30.3 Å². The number of halogens is 2. The van der Waals surface area contributed by atoms with Gasteiger partial charge in [0.05, 0.1) is 13.2 Å². The Kier molecular flexibility index (Phi) is 9.90. The molecular weight excluding hydrogens is 379 g/mol. The Balaban J connectivity index is 0.00000169.